The second-order valence-corrected chi connectivity index (χ2v) is 5.04. The number of hydrogen-bond donors (Lipinski definition) is 0. The molecule has 0 N–H and O–H groups in total. The number of rotatable bonds is 11. The summed E-state index contributed by atoms with van der Waals surface area (Å²) in [5, 5.41) is 0. The number of carbonyl (C=O) groups is 1. The molecule has 0 saturated heterocycles. The van der Waals surface area contributed by atoms with E-state index in [1.54, 1.807) is 0 Å². The van der Waals surface area contributed by atoms with Gasteiger partial charge in [0, 0.05) is 12.7 Å². The first kappa shape index (κ1) is 15.8. The van der Waals surface area contributed by atoms with Gasteiger partial charge in [-0.15, -0.1) is 0 Å². The van der Waals surface area contributed by atoms with Gasteiger partial charge in [0.25, 0.3) is 0 Å². The minimum absolute atomic E-state index is 0.194. The number of hydrogen-bond acceptors (Lipinski definition) is 3. The van der Waals surface area contributed by atoms with Crippen LogP contribution in [0.1, 0.15) is 71.6 Å². The topological polar surface area (TPSA) is 26.3 Å². The molecule has 3 heteroatoms. The van der Waals surface area contributed by atoms with Crippen LogP contribution in [0.5, 0.6) is 0 Å². The fourth-order valence-corrected chi connectivity index (χ4v) is 2.17. The molecule has 2 nitrogen and oxygen atoms in total. The van der Waals surface area contributed by atoms with Crippen molar-refractivity contribution in [3.63, 3.8) is 0 Å². The summed E-state index contributed by atoms with van der Waals surface area (Å²) in [7, 11) is 0. The summed E-state index contributed by atoms with van der Waals surface area (Å²) in [6.45, 7) is 3.70. The molecule has 16 heavy (non-hydrogen) atoms. The molecule has 0 aromatic heterocycles. The SMILES string of the molecule is CCCCCCCCCCCSOC(C)=O. The van der Waals surface area contributed by atoms with Gasteiger partial charge in [-0.25, -0.2) is 0 Å². The summed E-state index contributed by atoms with van der Waals surface area (Å²) in [6, 6.07) is 0. The summed E-state index contributed by atoms with van der Waals surface area (Å²) in [4.78, 5) is 10.5. The van der Waals surface area contributed by atoms with E-state index >= 15 is 0 Å². The van der Waals surface area contributed by atoms with Crippen molar-refractivity contribution in [2.45, 2.75) is 71.6 Å². The predicted octanol–water partition coefficient (Wildman–Crippen LogP) is 4.73. The fraction of sp³-hybridized carbons (Fsp3) is 0.923. The van der Waals surface area contributed by atoms with Gasteiger partial charge in [0.15, 0.2) is 0 Å². The first-order valence-electron chi connectivity index (χ1n) is 6.57. The second-order valence-electron chi connectivity index (χ2n) is 4.23. The van der Waals surface area contributed by atoms with Crippen molar-refractivity contribution < 1.29 is 8.98 Å². The van der Waals surface area contributed by atoms with Gasteiger partial charge in [0.05, 0.1) is 12.0 Å². The Kier molecular flexibility index (Phi) is 12.7. The smallest absolute Gasteiger partial charge is 0.314 e. The highest BCUT2D eigenvalue weighted by molar-refractivity contribution is 7.95. The molecule has 0 bridgehead atoms. The molecule has 0 unspecified atom stereocenters. The van der Waals surface area contributed by atoms with Gasteiger partial charge >= 0.3 is 5.97 Å². The Bertz CT molecular complexity index is 160. The van der Waals surface area contributed by atoms with Crippen LogP contribution in [0.25, 0.3) is 0 Å². The quantitative estimate of drug-likeness (QED) is 0.389. The minimum atomic E-state index is -0.194. The van der Waals surface area contributed by atoms with E-state index in [1.165, 1.54) is 70.3 Å². The summed E-state index contributed by atoms with van der Waals surface area (Å²) in [5.74, 6) is 0.746. The molecule has 0 aliphatic carbocycles. The molecule has 0 rings (SSSR count). The number of carbonyl (C=O) groups excluding carboxylic acids is 1. The normalized spacial score (nSPS) is 10.4. The highest BCUT2D eigenvalue weighted by atomic mass is 32.2. The van der Waals surface area contributed by atoms with E-state index in [0.29, 0.717) is 0 Å². The van der Waals surface area contributed by atoms with Crippen molar-refractivity contribution in [3.05, 3.63) is 0 Å². The highest BCUT2D eigenvalue weighted by Gasteiger charge is 1.95. The van der Waals surface area contributed by atoms with Crippen molar-refractivity contribution in [2.75, 3.05) is 5.75 Å². The van der Waals surface area contributed by atoms with Crippen LogP contribution in [0.2, 0.25) is 0 Å². The van der Waals surface area contributed by atoms with Crippen molar-refractivity contribution in [1.82, 2.24) is 0 Å². The summed E-state index contributed by atoms with van der Waals surface area (Å²) in [6.07, 6.45) is 12.0. The van der Waals surface area contributed by atoms with Crippen LogP contribution in [0, 0.1) is 0 Å². The van der Waals surface area contributed by atoms with E-state index in [-0.39, 0.29) is 5.97 Å². The van der Waals surface area contributed by atoms with Crippen molar-refractivity contribution in [1.29, 1.82) is 0 Å². The molecule has 0 fully saturated rings. The van der Waals surface area contributed by atoms with Gasteiger partial charge in [0.1, 0.15) is 0 Å². The third-order valence-corrected chi connectivity index (χ3v) is 3.32. The molecule has 96 valence electrons. The lowest BCUT2D eigenvalue weighted by Crippen LogP contribution is -1.91. The zero-order valence-corrected chi connectivity index (χ0v) is 11.6. The minimum Gasteiger partial charge on any atom is -0.392 e. The van der Waals surface area contributed by atoms with E-state index in [0.717, 1.165) is 12.2 Å². The molecule has 0 atom stereocenters. The first-order chi connectivity index (χ1) is 7.77. The van der Waals surface area contributed by atoms with Gasteiger partial charge in [-0.3, -0.25) is 4.79 Å². The number of unbranched alkanes of at least 4 members (excludes halogenated alkanes) is 8. The zero-order valence-electron chi connectivity index (χ0n) is 10.8. The Morgan fingerprint density at radius 3 is 1.94 bits per heavy atom. The van der Waals surface area contributed by atoms with E-state index in [2.05, 4.69) is 6.92 Å². The van der Waals surface area contributed by atoms with Crippen LogP contribution in [0.4, 0.5) is 0 Å². The molecule has 0 radical (unpaired) electrons. The average molecular weight is 246 g/mol. The maximum absolute atomic E-state index is 10.5. The van der Waals surface area contributed by atoms with Gasteiger partial charge in [-0.1, -0.05) is 58.3 Å². The van der Waals surface area contributed by atoms with Crippen LogP contribution >= 0.6 is 12.0 Å². The van der Waals surface area contributed by atoms with Crippen LogP contribution in [-0.4, -0.2) is 11.7 Å². The lowest BCUT2D eigenvalue weighted by Gasteiger charge is -2.01. The van der Waals surface area contributed by atoms with E-state index in [4.69, 9.17) is 4.18 Å². The first-order valence-corrected chi connectivity index (χ1v) is 7.48. The van der Waals surface area contributed by atoms with Gasteiger partial charge in [-0.2, -0.15) is 0 Å². The molecule has 0 heterocycles. The monoisotopic (exact) mass is 246 g/mol. The lowest BCUT2D eigenvalue weighted by atomic mass is 10.1. The molecule has 0 aliphatic rings. The van der Waals surface area contributed by atoms with Gasteiger partial charge < -0.3 is 4.18 Å². The zero-order chi connectivity index (χ0) is 12.1. The van der Waals surface area contributed by atoms with E-state index in [1.807, 2.05) is 0 Å². The molecule has 0 aromatic carbocycles. The maximum Gasteiger partial charge on any atom is 0.314 e. The Hall–Kier alpha value is -0.180. The van der Waals surface area contributed by atoms with Crippen molar-refractivity contribution in [3.8, 4) is 0 Å². The van der Waals surface area contributed by atoms with Crippen LogP contribution in [0.3, 0.4) is 0 Å². The Morgan fingerprint density at radius 1 is 0.938 bits per heavy atom. The summed E-state index contributed by atoms with van der Waals surface area (Å²) >= 11 is 1.29. The highest BCUT2D eigenvalue weighted by Crippen LogP contribution is 2.12. The third-order valence-electron chi connectivity index (χ3n) is 2.51. The van der Waals surface area contributed by atoms with Crippen molar-refractivity contribution in [2.24, 2.45) is 0 Å². The van der Waals surface area contributed by atoms with E-state index in [9.17, 15) is 4.79 Å². The Labute approximate surface area is 105 Å². The molecular formula is C13H26O2S. The molecule has 0 spiro atoms. The standard InChI is InChI=1S/C13H26O2S/c1-3-4-5-6-7-8-9-10-11-12-16-15-13(2)14/h3-12H2,1-2H3. The average Bonchev–Trinajstić information content (AvgIpc) is 2.25. The predicted molar refractivity (Wildman–Crippen MR) is 71.5 cm³/mol. The Balaban J connectivity index is 2.90. The molecule has 0 aromatic rings. The van der Waals surface area contributed by atoms with Crippen LogP contribution in [0.15, 0.2) is 0 Å². The van der Waals surface area contributed by atoms with Crippen LogP contribution in [-0.2, 0) is 8.98 Å². The lowest BCUT2D eigenvalue weighted by molar-refractivity contribution is -0.130. The molecule has 0 saturated carbocycles. The maximum atomic E-state index is 10.5. The fourth-order valence-electron chi connectivity index (χ4n) is 1.60. The molecule has 0 amide bonds. The summed E-state index contributed by atoms with van der Waals surface area (Å²) in [5.41, 5.74) is 0. The third kappa shape index (κ3) is 13.8. The van der Waals surface area contributed by atoms with Gasteiger partial charge in [-0.05, 0) is 6.42 Å². The molecular weight excluding hydrogens is 220 g/mol. The van der Waals surface area contributed by atoms with Crippen LogP contribution < -0.4 is 0 Å². The largest absolute Gasteiger partial charge is 0.392 e. The van der Waals surface area contributed by atoms with E-state index < -0.39 is 0 Å². The summed E-state index contributed by atoms with van der Waals surface area (Å²) < 4.78 is 4.79. The molecule has 0 aliphatic heterocycles. The Morgan fingerprint density at radius 2 is 1.44 bits per heavy atom. The second kappa shape index (κ2) is 12.9. The van der Waals surface area contributed by atoms with Gasteiger partial charge in [0.2, 0.25) is 0 Å². The van der Waals surface area contributed by atoms with Crippen molar-refractivity contribution >= 4 is 18.0 Å².